The average Bonchev–Trinajstić information content (AvgIpc) is 2.98. The number of benzene rings is 1. The lowest BCUT2D eigenvalue weighted by molar-refractivity contribution is 0.516. The minimum Gasteiger partial charge on any atom is -0.224 e. The first-order valence-electron chi connectivity index (χ1n) is 7.62. The Kier molecular flexibility index (Phi) is 5.38. The zero-order valence-electron chi connectivity index (χ0n) is 12.3. The molecule has 0 spiro atoms. The van der Waals surface area contributed by atoms with Crippen LogP contribution in [0.3, 0.4) is 0 Å². The number of nitrogens with zero attached hydrogens (tertiary/aromatic N) is 1. The topological polar surface area (TPSA) is 59.1 Å². The van der Waals surface area contributed by atoms with Crippen molar-refractivity contribution in [1.29, 1.82) is 0 Å². The highest BCUT2D eigenvalue weighted by Gasteiger charge is 2.19. The fraction of sp³-hybridized carbons (Fsp3) is 0.533. The Hall–Kier alpha value is -0.630. The molecule has 4 nitrogen and oxygen atoms in total. The molecule has 2 aromatic rings. The van der Waals surface area contributed by atoms with Crippen LogP contribution in [-0.4, -0.2) is 30.9 Å². The van der Waals surface area contributed by atoms with Crippen molar-refractivity contribution >= 4 is 43.3 Å². The van der Waals surface area contributed by atoms with Gasteiger partial charge in [-0.1, -0.05) is 31.4 Å². The molecule has 22 heavy (non-hydrogen) atoms. The molecule has 0 atom stereocenters. The van der Waals surface area contributed by atoms with Crippen molar-refractivity contribution in [2.45, 2.75) is 41.7 Å². The molecule has 1 aromatic heterocycles. The summed E-state index contributed by atoms with van der Waals surface area (Å²) in [5.74, 6) is 0.828. The minimum atomic E-state index is -3.48. The summed E-state index contributed by atoms with van der Waals surface area (Å²) in [7, 11) is -3.48. The highest BCUT2D eigenvalue weighted by molar-refractivity contribution is 8.00. The van der Waals surface area contributed by atoms with Crippen molar-refractivity contribution in [2.24, 2.45) is 0 Å². The van der Waals surface area contributed by atoms with Crippen molar-refractivity contribution in [3.8, 4) is 0 Å². The van der Waals surface area contributed by atoms with Gasteiger partial charge in [-0.3, -0.25) is 0 Å². The van der Waals surface area contributed by atoms with E-state index < -0.39 is 10.0 Å². The lowest BCUT2D eigenvalue weighted by atomic mass is 10.0. The molecule has 1 heterocycles. The maximum Gasteiger partial charge on any atom is 0.267 e. The van der Waals surface area contributed by atoms with Crippen LogP contribution in [0.25, 0.3) is 10.2 Å². The second-order valence-electron chi connectivity index (χ2n) is 5.48. The Morgan fingerprint density at radius 2 is 2.00 bits per heavy atom. The molecule has 3 rings (SSSR count). The summed E-state index contributed by atoms with van der Waals surface area (Å²) >= 11 is 3.12. The smallest absolute Gasteiger partial charge is 0.224 e. The molecule has 0 aliphatic heterocycles. The van der Waals surface area contributed by atoms with Crippen molar-refractivity contribution in [3.05, 3.63) is 24.3 Å². The monoisotopic (exact) mass is 356 g/mol. The van der Waals surface area contributed by atoms with Crippen LogP contribution in [0.2, 0.25) is 0 Å². The molecule has 1 aliphatic carbocycles. The number of nitrogens with one attached hydrogen (secondary N) is 1. The van der Waals surface area contributed by atoms with Crippen molar-refractivity contribution in [3.63, 3.8) is 0 Å². The largest absolute Gasteiger partial charge is 0.267 e. The molecular weight excluding hydrogens is 336 g/mol. The molecule has 1 aromatic carbocycles. The SMILES string of the molecule is O=S(=O)(NCCSC1CCCCC1)c1nc2ccccc2s1. The van der Waals surface area contributed by atoms with E-state index in [0.717, 1.165) is 16.0 Å². The highest BCUT2D eigenvalue weighted by Crippen LogP contribution is 2.28. The van der Waals surface area contributed by atoms with Crippen LogP contribution in [-0.2, 0) is 10.0 Å². The lowest BCUT2D eigenvalue weighted by Crippen LogP contribution is -2.26. The molecule has 1 aliphatic rings. The molecule has 0 amide bonds. The van der Waals surface area contributed by atoms with Gasteiger partial charge in [0, 0.05) is 17.5 Å². The lowest BCUT2D eigenvalue weighted by Gasteiger charge is -2.20. The van der Waals surface area contributed by atoms with Crippen LogP contribution in [0.1, 0.15) is 32.1 Å². The number of aromatic nitrogens is 1. The van der Waals surface area contributed by atoms with Crippen molar-refractivity contribution < 1.29 is 8.42 Å². The van der Waals surface area contributed by atoms with Gasteiger partial charge >= 0.3 is 0 Å². The summed E-state index contributed by atoms with van der Waals surface area (Å²) in [6, 6.07) is 7.49. The maximum atomic E-state index is 12.3. The van der Waals surface area contributed by atoms with Gasteiger partial charge in [0.1, 0.15) is 0 Å². The molecule has 1 saturated carbocycles. The highest BCUT2D eigenvalue weighted by atomic mass is 32.2. The summed E-state index contributed by atoms with van der Waals surface area (Å²) in [5.41, 5.74) is 0.740. The molecular formula is C15H20N2O2S3. The Labute approximate surface area is 139 Å². The molecule has 0 radical (unpaired) electrons. The summed E-state index contributed by atoms with van der Waals surface area (Å²) in [6.07, 6.45) is 6.52. The van der Waals surface area contributed by atoms with E-state index in [1.54, 1.807) is 0 Å². The fourth-order valence-electron chi connectivity index (χ4n) is 2.66. The van der Waals surface area contributed by atoms with E-state index >= 15 is 0 Å². The standard InChI is InChI=1S/C15H20N2O2S3/c18-22(19,15-17-13-8-4-5-9-14(13)21-15)16-10-11-20-12-6-2-1-3-7-12/h4-5,8-9,12,16H,1-3,6-7,10-11H2. The number of rotatable bonds is 6. The number of para-hydroxylation sites is 1. The Bertz CT molecular complexity index is 688. The van der Waals surface area contributed by atoms with Crippen LogP contribution < -0.4 is 4.72 Å². The second kappa shape index (κ2) is 7.29. The number of hydrogen-bond acceptors (Lipinski definition) is 5. The van der Waals surface area contributed by atoms with Gasteiger partial charge < -0.3 is 0 Å². The van der Waals surface area contributed by atoms with Crippen LogP contribution in [0, 0.1) is 0 Å². The van der Waals surface area contributed by atoms with Gasteiger partial charge in [0.05, 0.1) is 10.2 Å². The number of thioether (sulfide) groups is 1. The van der Waals surface area contributed by atoms with Gasteiger partial charge in [0.15, 0.2) is 0 Å². The van der Waals surface area contributed by atoms with Crippen LogP contribution in [0.4, 0.5) is 0 Å². The molecule has 1 fully saturated rings. The molecule has 0 saturated heterocycles. The van der Waals surface area contributed by atoms with E-state index in [2.05, 4.69) is 9.71 Å². The molecule has 7 heteroatoms. The van der Waals surface area contributed by atoms with E-state index in [9.17, 15) is 8.42 Å². The van der Waals surface area contributed by atoms with Gasteiger partial charge in [0.25, 0.3) is 10.0 Å². The Morgan fingerprint density at radius 3 is 2.77 bits per heavy atom. The first-order valence-corrected chi connectivity index (χ1v) is 11.0. The minimum absolute atomic E-state index is 0.163. The predicted octanol–water partition coefficient (Wildman–Crippen LogP) is 3.64. The van der Waals surface area contributed by atoms with E-state index in [0.29, 0.717) is 11.8 Å². The fourth-order valence-corrected chi connectivity index (χ4v) is 6.31. The van der Waals surface area contributed by atoms with Gasteiger partial charge in [-0.2, -0.15) is 11.8 Å². The molecule has 120 valence electrons. The zero-order chi connectivity index (χ0) is 15.4. The Balaban J connectivity index is 1.54. The predicted molar refractivity (Wildman–Crippen MR) is 94.1 cm³/mol. The quantitative estimate of drug-likeness (QED) is 0.803. The van der Waals surface area contributed by atoms with E-state index in [1.807, 2.05) is 36.0 Å². The summed E-state index contributed by atoms with van der Waals surface area (Å²) in [6.45, 7) is 0.472. The third kappa shape index (κ3) is 4.01. The van der Waals surface area contributed by atoms with Crippen LogP contribution >= 0.6 is 23.1 Å². The van der Waals surface area contributed by atoms with Gasteiger partial charge in [-0.25, -0.2) is 18.1 Å². The summed E-state index contributed by atoms with van der Waals surface area (Å²) in [4.78, 5) is 4.21. The molecule has 0 unspecified atom stereocenters. The van der Waals surface area contributed by atoms with Crippen molar-refractivity contribution in [1.82, 2.24) is 9.71 Å². The van der Waals surface area contributed by atoms with Crippen LogP contribution in [0.5, 0.6) is 0 Å². The first-order chi connectivity index (χ1) is 10.6. The van der Waals surface area contributed by atoms with E-state index in [-0.39, 0.29) is 4.34 Å². The number of sulfonamides is 1. The van der Waals surface area contributed by atoms with Gasteiger partial charge in [0.2, 0.25) is 4.34 Å². The second-order valence-corrected chi connectivity index (χ2v) is 9.86. The van der Waals surface area contributed by atoms with Crippen LogP contribution in [0.15, 0.2) is 28.6 Å². The number of fused-ring (bicyclic) bond motifs is 1. The normalized spacial score (nSPS) is 17.1. The first kappa shape index (κ1) is 16.2. The van der Waals surface area contributed by atoms with Crippen molar-refractivity contribution in [2.75, 3.05) is 12.3 Å². The van der Waals surface area contributed by atoms with E-state index in [4.69, 9.17) is 0 Å². The van der Waals surface area contributed by atoms with Gasteiger partial charge in [-0.05, 0) is 25.0 Å². The maximum absolute atomic E-state index is 12.3. The third-order valence-corrected chi connectivity index (χ3v) is 8.06. The number of thiazole rings is 1. The Morgan fingerprint density at radius 1 is 1.23 bits per heavy atom. The molecule has 1 N–H and O–H groups in total. The number of hydrogen-bond donors (Lipinski definition) is 1. The summed E-state index contributed by atoms with van der Waals surface area (Å²) in [5, 5.41) is 0.709. The molecule has 0 bridgehead atoms. The average molecular weight is 357 g/mol. The zero-order valence-corrected chi connectivity index (χ0v) is 14.8. The summed E-state index contributed by atoms with van der Waals surface area (Å²) < 4.78 is 28.3. The van der Waals surface area contributed by atoms with Gasteiger partial charge in [-0.15, -0.1) is 11.3 Å². The van der Waals surface area contributed by atoms with E-state index in [1.165, 1.54) is 43.4 Å². The third-order valence-electron chi connectivity index (χ3n) is 3.80.